The van der Waals surface area contributed by atoms with Crippen molar-refractivity contribution in [3.63, 3.8) is 0 Å². The highest BCUT2D eigenvalue weighted by atomic mass is 16.6. The van der Waals surface area contributed by atoms with E-state index in [2.05, 4.69) is 17.4 Å². The molecule has 3 rings (SSSR count). The number of carbonyl (C=O) groups is 2. The molecule has 0 aromatic heterocycles. The van der Waals surface area contributed by atoms with Crippen molar-refractivity contribution in [2.24, 2.45) is 0 Å². The Balaban J connectivity index is 1.40. The van der Waals surface area contributed by atoms with Gasteiger partial charge in [-0.05, 0) is 30.4 Å². The van der Waals surface area contributed by atoms with E-state index in [4.69, 9.17) is 4.74 Å². The van der Waals surface area contributed by atoms with Gasteiger partial charge in [0, 0.05) is 6.54 Å². The highest BCUT2D eigenvalue weighted by molar-refractivity contribution is 5.92. The van der Waals surface area contributed by atoms with Crippen LogP contribution in [-0.2, 0) is 11.2 Å². The van der Waals surface area contributed by atoms with Gasteiger partial charge in [0.2, 0.25) is 0 Å². The van der Waals surface area contributed by atoms with Gasteiger partial charge in [0.05, 0.1) is 6.54 Å². The summed E-state index contributed by atoms with van der Waals surface area (Å²) >= 11 is 0. The average molecular weight is 338 g/mol. The molecule has 1 heterocycles. The molecule has 0 saturated carbocycles. The minimum Gasteiger partial charge on any atom is -0.439 e. The quantitative estimate of drug-likeness (QED) is 0.812. The van der Waals surface area contributed by atoms with Crippen molar-refractivity contribution in [3.8, 4) is 0 Å². The second kappa shape index (κ2) is 8.33. The fourth-order valence-electron chi connectivity index (χ4n) is 2.86. The molecule has 1 N–H and O–H groups in total. The van der Waals surface area contributed by atoms with Crippen LogP contribution < -0.4 is 5.32 Å². The first-order valence-electron chi connectivity index (χ1n) is 8.59. The van der Waals surface area contributed by atoms with E-state index in [1.807, 2.05) is 48.5 Å². The molecule has 0 radical (unpaired) electrons. The van der Waals surface area contributed by atoms with Crippen LogP contribution in [0.15, 0.2) is 60.7 Å². The smallest absolute Gasteiger partial charge is 0.418 e. The van der Waals surface area contributed by atoms with Gasteiger partial charge in [-0.25, -0.2) is 14.5 Å². The van der Waals surface area contributed by atoms with Gasteiger partial charge in [-0.15, -0.1) is 0 Å². The standard InChI is InChI=1S/C20H22N2O3/c23-19(21-14-8-7-11-16-9-3-1-4-10-16)22-15-18(25-20(22)24)17-12-5-2-6-13-17/h1-6,9-10,12-13,18H,7-8,11,14-15H2,(H,21,23)/t18-/m1/s1. The maximum absolute atomic E-state index is 12.2. The Morgan fingerprint density at radius 1 is 1.04 bits per heavy atom. The lowest BCUT2D eigenvalue weighted by atomic mass is 10.1. The molecule has 0 aliphatic carbocycles. The molecular formula is C20H22N2O3. The highest BCUT2D eigenvalue weighted by Crippen LogP contribution is 2.25. The number of hydrogen-bond donors (Lipinski definition) is 1. The molecule has 1 aliphatic heterocycles. The monoisotopic (exact) mass is 338 g/mol. The van der Waals surface area contributed by atoms with Crippen LogP contribution in [0.4, 0.5) is 9.59 Å². The average Bonchev–Trinajstić information content (AvgIpc) is 3.05. The minimum absolute atomic E-state index is 0.249. The molecule has 0 spiro atoms. The minimum atomic E-state index is -0.587. The lowest BCUT2D eigenvalue weighted by Crippen LogP contribution is -2.40. The summed E-state index contributed by atoms with van der Waals surface area (Å²) < 4.78 is 5.29. The Hall–Kier alpha value is -2.82. The van der Waals surface area contributed by atoms with Crippen LogP contribution in [0.3, 0.4) is 0 Å². The van der Waals surface area contributed by atoms with Crippen LogP contribution in [0, 0.1) is 0 Å². The Morgan fingerprint density at radius 2 is 1.72 bits per heavy atom. The van der Waals surface area contributed by atoms with Crippen LogP contribution in [-0.4, -0.2) is 30.1 Å². The predicted octanol–water partition coefficient (Wildman–Crippen LogP) is 3.91. The van der Waals surface area contributed by atoms with Gasteiger partial charge in [-0.2, -0.15) is 0 Å². The number of cyclic esters (lactones) is 1. The Kier molecular flexibility index (Phi) is 5.67. The molecule has 0 bridgehead atoms. The SMILES string of the molecule is O=C(NCCCCc1ccccc1)N1C[C@H](c2ccccc2)OC1=O. The maximum Gasteiger partial charge on any atom is 0.418 e. The van der Waals surface area contributed by atoms with Crippen molar-refractivity contribution in [3.05, 3.63) is 71.8 Å². The molecule has 1 aliphatic rings. The van der Waals surface area contributed by atoms with Crippen LogP contribution in [0.5, 0.6) is 0 Å². The first-order chi connectivity index (χ1) is 12.2. The van der Waals surface area contributed by atoms with Crippen molar-refractivity contribution in [1.29, 1.82) is 0 Å². The Labute approximate surface area is 147 Å². The highest BCUT2D eigenvalue weighted by Gasteiger charge is 2.36. The number of hydrogen-bond acceptors (Lipinski definition) is 3. The summed E-state index contributed by atoms with van der Waals surface area (Å²) in [6, 6.07) is 19.3. The van der Waals surface area contributed by atoms with Gasteiger partial charge >= 0.3 is 12.1 Å². The summed E-state index contributed by atoms with van der Waals surface area (Å²) in [5.41, 5.74) is 2.19. The number of unbranched alkanes of at least 4 members (excludes halogenated alkanes) is 1. The third-order valence-electron chi connectivity index (χ3n) is 4.24. The van der Waals surface area contributed by atoms with Crippen molar-refractivity contribution >= 4 is 12.1 Å². The first-order valence-corrected chi connectivity index (χ1v) is 8.59. The molecule has 5 nitrogen and oxygen atoms in total. The zero-order valence-electron chi connectivity index (χ0n) is 14.1. The fraction of sp³-hybridized carbons (Fsp3) is 0.300. The molecule has 2 aromatic rings. The zero-order chi connectivity index (χ0) is 17.5. The van der Waals surface area contributed by atoms with Crippen LogP contribution in [0.1, 0.15) is 30.1 Å². The molecule has 1 saturated heterocycles. The van der Waals surface area contributed by atoms with E-state index >= 15 is 0 Å². The summed E-state index contributed by atoms with van der Waals surface area (Å²) in [6.07, 6.45) is 1.86. The summed E-state index contributed by atoms with van der Waals surface area (Å²) in [6.45, 7) is 0.796. The molecule has 2 aromatic carbocycles. The van der Waals surface area contributed by atoms with Crippen molar-refractivity contribution in [2.45, 2.75) is 25.4 Å². The van der Waals surface area contributed by atoms with Crippen molar-refractivity contribution in [1.82, 2.24) is 10.2 Å². The van der Waals surface area contributed by atoms with Gasteiger partial charge in [0.25, 0.3) is 0 Å². The summed E-state index contributed by atoms with van der Waals surface area (Å²) in [5, 5.41) is 2.80. The second-order valence-corrected chi connectivity index (χ2v) is 6.07. The molecule has 1 fully saturated rings. The van der Waals surface area contributed by atoms with Crippen LogP contribution >= 0.6 is 0 Å². The van der Waals surface area contributed by atoms with Crippen LogP contribution in [0.2, 0.25) is 0 Å². The van der Waals surface area contributed by atoms with E-state index in [0.29, 0.717) is 6.54 Å². The van der Waals surface area contributed by atoms with Crippen molar-refractivity contribution in [2.75, 3.05) is 13.1 Å². The van der Waals surface area contributed by atoms with E-state index in [1.165, 1.54) is 5.56 Å². The topological polar surface area (TPSA) is 58.6 Å². The number of urea groups is 1. The summed E-state index contributed by atoms with van der Waals surface area (Å²) in [7, 11) is 0. The Bertz CT molecular complexity index is 703. The number of rotatable bonds is 6. The van der Waals surface area contributed by atoms with E-state index in [9.17, 15) is 9.59 Å². The number of nitrogens with zero attached hydrogens (tertiary/aromatic N) is 1. The summed E-state index contributed by atoms with van der Waals surface area (Å²) in [4.78, 5) is 25.2. The third-order valence-corrected chi connectivity index (χ3v) is 4.24. The zero-order valence-corrected chi connectivity index (χ0v) is 14.1. The molecular weight excluding hydrogens is 316 g/mol. The first kappa shape index (κ1) is 17.0. The van der Waals surface area contributed by atoms with Gasteiger partial charge in [-0.3, -0.25) is 0 Å². The van der Waals surface area contributed by atoms with Crippen LogP contribution in [0.25, 0.3) is 0 Å². The number of benzene rings is 2. The molecule has 130 valence electrons. The number of carbonyl (C=O) groups excluding carboxylic acids is 2. The van der Waals surface area contributed by atoms with Gasteiger partial charge in [0.15, 0.2) is 0 Å². The number of aryl methyl sites for hydroxylation is 1. The fourth-order valence-corrected chi connectivity index (χ4v) is 2.86. The number of imide groups is 1. The maximum atomic E-state index is 12.2. The lowest BCUT2D eigenvalue weighted by molar-refractivity contribution is 0.134. The third kappa shape index (κ3) is 4.59. The molecule has 3 amide bonds. The lowest BCUT2D eigenvalue weighted by Gasteiger charge is -2.12. The van der Waals surface area contributed by atoms with Gasteiger partial charge < -0.3 is 10.1 Å². The van der Waals surface area contributed by atoms with E-state index in [1.54, 1.807) is 0 Å². The van der Waals surface area contributed by atoms with E-state index in [-0.39, 0.29) is 12.6 Å². The summed E-state index contributed by atoms with van der Waals surface area (Å²) in [5.74, 6) is 0. The van der Waals surface area contributed by atoms with Crippen molar-refractivity contribution < 1.29 is 14.3 Å². The largest absolute Gasteiger partial charge is 0.439 e. The number of ether oxygens (including phenoxy) is 1. The van der Waals surface area contributed by atoms with E-state index < -0.39 is 12.2 Å². The normalized spacial score (nSPS) is 16.6. The van der Waals surface area contributed by atoms with Gasteiger partial charge in [-0.1, -0.05) is 60.7 Å². The predicted molar refractivity (Wildman–Crippen MR) is 95.1 cm³/mol. The second-order valence-electron chi connectivity index (χ2n) is 6.07. The molecule has 25 heavy (non-hydrogen) atoms. The van der Waals surface area contributed by atoms with Gasteiger partial charge in [0.1, 0.15) is 6.10 Å². The number of amides is 3. The molecule has 0 unspecified atom stereocenters. The molecule has 5 heteroatoms. The Morgan fingerprint density at radius 3 is 2.44 bits per heavy atom. The molecule has 1 atom stereocenters. The number of nitrogens with one attached hydrogen (secondary N) is 1. The van der Waals surface area contributed by atoms with E-state index in [0.717, 1.165) is 29.7 Å².